The summed E-state index contributed by atoms with van der Waals surface area (Å²) in [5.74, 6) is 0. The molecule has 0 aliphatic heterocycles. The second kappa shape index (κ2) is 4.64. The van der Waals surface area contributed by atoms with Gasteiger partial charge in [0.15, 0.2) is 0 Å². The van der Waals surface area contributed by atoms with Gasteiger partial charge >= 0.3 is 0 Å². The second-order valence-electron chi connectivity index (χ2n) is 3.05. The van der Waals surface area contributed by atoms with E-state index >= 15 is 0 Å². The van der Waals surface area contributed by atoms with Crippen LogP contribution in [0.5, 0.6) is 0 Å². The Kier molecular flexibility index (Phi) is 3.49. The molecule has 0 radical (unpaired) electrons. The van der Waals surface area contributed by atoms with Gasteiger partial charge in [0.05, 0.1) is 17.7 Å². The Balaban J connectivity index is 3.23. The summed E-state index contributed by atoms with van der Waals surface area (Å²) in [7, 11) is 1.63. The van der Waals surface area contributed by atoms with Crippen molar-refractivity contribution in [3.63, 3.8) is 0 Å². The van der Waals surface area contributed by atoms with E-state index in [-0.39, 0.29) is 6.10 Å². The summed E-state index contributed by atoms with van der Waals surface area (Å²) >= 11 is 0. The summed E-state index contributed by atoms with van der Waals surface area (Å²) in [4.78, 5) is 0. The molecule has 0 saturated heterocycles. The van der Waals surface area contributed by atoms with E-state index in [4.69, 9.17) is 15.7 Å². The van der Waals surface area contributed by atoms with Crippen molar-refractivity contribution in [2.75, 3.05) is 12.8 Å². The Labute approximate surface area is 84.1 Å². The van der Waals surface area contributed by atoms with Gasteiger partial charge in [0.1, 0.15) is 0 Å². The number of anilines is 1. The van der Waals surface area contributed by atoms with Gasteiger partial charge in [0, 0.05) is 18.4 Å². The monoisotopic (exact) mass is 190 g/mol. The highest BCUT2D eigenvalue weighted by Gasteiger charge is 2.15. The number of hydrogen-bond acceptors (Lipinski definition) is 3. The van der Waals surface area contributed by atoms with Crippen molar-refractivity contribution >= 4 is 5.69 Å². The number of hydrogen-bond donors (Lipinski definition) is 1. The lowest BCUT2D eigenvalue weighted by atomic mass is 9.99. The Morgan fingerprint density at radius 2 is 2.29 bits per heavy atom. The van der Waals surface area contributed by atoms with Crippen LogP contribution in [0.3, 0.4) is 0 Å². The average Bonchev–Trinajstić information content (AvgIpc) is 2.22. The van der Waals surface area contributed by atoms with Crippen LogP contribution in [0.2, 0.25) is 0 Å². The Bertz CT molecular complexity index is 351. The highest BCUT2D eigenvalue weighted by molar-refractivity contribution is 5.56. The summed E-state index contributed by atoms with van der Waals surface area (Å²) in [5.41, 5.74) is 7.84. The molecule has 0 aromatic heterocycles. The fourth-order valence-corrected chi connectivity index (χ4v) is 1.53. The first-order chi connectivity index (χ1) is 6.74. The minimum Gasteiger partial charge on any atom is -0.398 e. The first-order valence-corrected chi connectivity index (χ1v) is 4.55. The third-order valence-corrected chi connectivity index (χ3v) is 2.24. The van der Waals surface area contributed by atoms with Gasteiger partial charge in [0.2, 0.25) is 0 Å². The molecule has 74 valence electrons. The molecule has 1 rings (SSSR count). The maximum absolute atomic E-state index is 8.92. The minimum atomic E-state index is -0.0918. The van der Waals surface area contributed by atoms with Crippen molar-refractivity contribution in [3.8, 4) is 6.07 Å². The molecule has 14 heavy (non-hydrogen) atoms. The third-order valence-electron chi connectivity index (χ3n) is 2.24. The SMILES string of the molecule is CCC(OC)c1c(N)cccc1C#N. The van der Waals surface area contributed by atoms with Crippen LogP contribution < -0.4 is 5.73 Å². The van der Waals surface area contributed by atoms with Crippen LogP contribution in [-0.2, 0) is 4.74 Å². The van der Waals surface area contributed by atoms with E-state index in [0.717, 1.165) is 12.0 Å². The number of nitrogen functional groups attached to an aromatic ring is 1. The number of methoxy groups -OCH3 is 1. The van der Waals surface area contributed by atoms with Crippen molar-refractivity contribution in [1.29, 1.82) is 5.26 Å². The van der Waals surface area contributed by atoms with Crippen LogP contribution in [0.1, 0.15) is 30.6 Å². The largest absolute Gasteiger partial charge is 0.398 e. The quantitative estimate of drug-likeness (QED) is 0.743. The lowest BCUT2D eigenvalue weighted by Crippen LogP contribution is -2.06. The first-order valence-electron chi connectivity index (χ1n) is 4.55. The topological polar surface area (TPSA) is 59.0 Å². The van der Waals surface area contributed by atoms with E-state index in [2.05, 4.69) is 6.07 Å². The molecule has 0 fully saturated rings. The first kappa shape index (κ1) is 10.6. The number of ether oxygens (including phenoxy) is 1. The van der Waals surface area contributed by atoms with Crippen LogP contribution in [-0.4, -0.2) is 7.11 Å². The van der Waals surface area contributed by atoms with Gasteiger partial charge < -0.3 is 10.5 Å². The maximum Gasteiger partial charge on any atom is 0.0996 e. The number of nitrogens with zero attached hydrogens (tertiary/aromatic N) is 1. The molecule has 0 aliphatic carbocycles. The Hall–Kier alpha value is -1.53. The molecule has 2 N–H and O–H groups in total. The summed E-state index contributed by atoms with van der Waals surface area (Å²) in [6.07, 6.45) is 0.713. The van der Waals surface area contributed by atoms with Gasteiger partial charge in [-0.1, -0.05) is 13.0 Å². The lowest BCUT2D eigenvalue weighted by molar-refractivity contribution is 0.100. The van der Waals surface area contributed by atoms with E-state index in [1.54, 1.807) is 25.3 Å². The van der Waals surface area contributed by atoms with Gasteiger partial charge in [-0.15, -0.1) is 0 Å². The zero-order valence-corrected chi connectivity index (χ0v) is 8.45. The minimum absolute atomic E-state index is 0.0918. The number of nitriles is 1. The smallest absolute Gasteiger partial charge is 0.0996 e. The van der Waals surface area contributed by atoms with Gasteiger partial charge in [-0.25, -0.2) is 0 Å². The highest BCUT2D eigenvalue weighted by Crippen LogP contribution is 2.28. The molecule has 3 heteroatoms. The average molecular weight is 190 g/mol. The lowest BCUT2D eigenvalue weighted by Gasteiger charge is -2.16. The van der Waals surface area contributed by atoms with E-state index < -0.39 is 0 Å². The van der Waals surface area contributed by atoms with Crippen molar-refractivity contribution in [3.05, 3.63) is 29.3 Å². The zero-order valence-electron chi connectivity index (χ0n) is 8.45. The number of nitrogens with two attached hydrogens (primary N) is 1. The maximum atomic E-state index is 8.92. The van der Waals surface area contributed by atoms with Crippen molar-refractivity contribution in [2.24, 2.45) is 0 Å². The summed E-state index contributed by atoms with van der Waals surface area (Å²) in [5, 5.41) is 8.92. The Morgan fingerprint density at radius 3 is 2.79 bits per heavy atom. The van der Waals surface area contributed by atoms with Gasteiger partial charge in [-0.05, 0) is 18.6 Å². The molecule has 1 atom stereocenters. The van der Waals surface area contributed by atoms with Crippen LogP contribution in [0.25, 0.3) is 0 Å². The molecule has 0 amide bonds. The summed E-state index contributed by atoms with van der Waals surface area (Å²) in [6.45, 7) is 2.00. The number of benzene rings is 1. The second-order valence-corrected chi connectivity index (χ2v) is 3.05. The number of rotatable bonds is 3. The highest BCUT2D eigenvalue weighted by atomic mass is 16.5. The molecule has 1 aromatic carbocycles. The molecule has 3 nitrogen and oxygen atoms in total. The van der Waals surface area contributed by atoms with Crippen molar-refractivity contribution in [2.45, 2.75) is 19.4 Å². The molecule has 0 saturated carbocycles. The molecule has 1 unspecified atom stereocenters. The Morgan fingerprint density at radius 1 is 1.57 bits per heavy atom. The van der Waals surface area contributed by atoms with Crippen molar-refractivity contribution in [1.82, 2.24) is 0 Å². The van der Waals surface area contributed by atoms with Crippen LogP contribution in [0.15, 0.2) is 18.2 Å². The van der Waals surface area contributed by atoms with Crippen LogP contribution in [0, 0.1) is 11.3 Å². The molecule has 0 spiro atoms. The molecule has 0 heterocycles. The molecule has 0 aliphatic rings. The normalized spacial score (nSPS) is 12.1. The zero-order chi connectivity index (χ0) is 10.6. The predicted molar refractivity (Wildman–Crippen MR) is 55.6 cm³/mol. The van der Waals surface area contributed by atoms with E-state index in [9.17, 15) is 0 Å². The third kappa shape index (κ3) is 1.86. The molecular formula is C11H14N2O. The van der Waals surface area contributed by atoms with Gasteiger partial charge in [0.25, 0.3) is 0 Å². The molecule has 0 bridgehead atoms. The van der Waals surface area contributed by atoms with Crippen molar-refractivity contribution < 1.29 is 4.74 Å². The van der Waals surface area contributed by atoms with Gasteiger partial charge in [-0.2, -0.15) is 5.26 Å². The van der Waals surface area contributed by atoms with Crippen LogP contribution in [0.4, 0.5) is 5.69 Å². The van der Waals surface area contributed by atoms with E-state index in [1.165, 1.54) is 0 Å². The predicted octanol–water partition coefficient (Wildman–Crippen LogP) is 2.24. The van der Waals surface area contributed by atoms with Gasteiger partial charge in [-0.3, -0.25) is 0 Å². The standard InChI is InChI=1S/C11H14N2O/c1-3-10(14-2)11-8(7-12)5-4-6-9(11)13/h4-6,10H,3,13H2,1-2H3. The molecular weight excluding hydrogens is 176 g/mol. The fourth-order valence-electron chi connectivity index (χ4n) is 1.53. The van der Waals surface area contributed by atoms with E-state index in [1.807, 2.05) is 6.92 Å². The van der Waals surface area contributed by atoms with Crippen LogP contribution >= 0.6 is 0 Å². The fraction of sp³-hybridized carbons (Fsp3) is 0.364. The summed E-state index contributed by atoms with van der Waals surface area (Å²) in [6, 6.07) is 7.45. The van der Waals surface area contributed by atoms with E-state index in [0.29, 0.717) is 11.3 Å². The molecule has 1 aromatic rings. The summed E-state index contributed by atoms with van der Waals surface area (Å²) < 4.78 is 5.28.